The zero-order valence-corrected chi connectivity index (χ0v) is 21.0. The molecular formula is C27H26Cl2FN3O3. The predicted octanol–water partition coefficient (Wildman–Crippen LogP) is 6.65. The van der Waals surface area contributed by atoms with Crippen LogP contribution >= 0.6 is 23.2 Å². The molecule has 6 nitrogen and oxygen atoms in total. The molecule has 1 aromatic heterocycles. The minimum Gasteiger partial charge on any atom is -0.478 e. The molecule has 9 heteroatoms. The van der Waals surface area contributed by atoms with Crippen molar-refractivity contribution in [2.24, 2.45) is 0 Å². The van der Waals surface area contributed by atoms with Crippen LogP contribution in [-0.4, -0.2) is 34.4 Å². The molecule has 6 rings (SSSR count). The van der Waals surface area contributed by atoms with Crippen LogP contribution in [0.3, 0.4) is 0 Å². The first-order chi connectivity index (χ1) is 17.4. The van der Waals surface area contributed by atoms with Crippen molar-refractivity contribution in [1.82, 2.24) is 10.5 Å². The molecule has 1 saturated carbocycles. The van der Waals surface area contributed by atoms with Gasteiger partial charge in [0.15, 0.2) is 0 Å². The van der Waals surface area contributed by atoms with E-state index in [0.717, 1.165) is 55.9 Å². The summed E-state index contributed by atoms with van der Waals surface area (Å²) in [6, 6.07) is 10.3. The van der Waals surface area contributed by atoms with Crippen molar-refractivity contribution in [3.05, 3.63) is 69.1 Å². The number of hydrogen-bond donors (Lipinski definition) is 2. The molecule has 0 unspecified atom stereocenters. The fourth-order valence-electron chi connectivity index (χ4n) is 5.91. The Kier molecular flexibility index (Phi) is 6.18. The van der Waals surface area contributed by atoms with Gasteiger partial charge in [-0.25, -0.2) is 9.18 Å². The monoisotopic (exact) mass is 529 g/mol. The summed E-state index contributed by atoms with van der Waals surface area (Å²) in [6.45, 7) is 0.595. The first kappa shape index (κ1) is 23.8. The molecule has 2 aliphatic heterocycles. The van der Waals surface area contributed by atoms with E-state index in [1.807, 2.05) is 6.07 Å². The fraction of sp³-hybridized carbons (Fsp3) is 0.407. The normalized spacial score (nSPS) is 23.3. The van der Waals surface area contributed by atoms with Crippen molar-refractivity contribution in [3.63, 3.8) is 0 Å². The third-order valence-electron chi connectivity index (χ3n) is 7.74. The standard InChI is InChI=1S/C27H26Cl2FN3O3/c28-20-2-1-3-21(29)24(20)25-19(26(36-32-25)14-4-5-14)13-31-16-11-17-7-8-18(12-16)33(17)23-9-6-15(27(34)35)10-22(23)30/h1-3,6,9-10,14,16-18,31H,4-5,7-8,11-13H2,(H,34,35)/t16-,17-,18+. The highest BCUT2D eigenvalue weighted by atomic mass is 35.5. The van der Waals surface area contributed by atoms with E-state index in [1.165, 1.54) is 6.07 Å². The van der Waals surface area contributed by atoms with Gasteiger partial charge in [-0.05, 0) is 68.9 Å². The first-order valence-corrected chi connectivity index (χ1v) is 13.1. The Morgan fingerprint density at radius 3 is 2.42 bits per heavy atom. The number of carboxylic acid groups (broad SMARTS) is 1. The summed E-state index contributed by atoms with van der Waals surface area (Å²) in [7, 11) is 0. The van der Waals surface area contributed by atoms with E-state index in [-0.39, 0.29) is 23.7 Å². The van der Waals surface area contributed by atoms with Gasteiger partial charge >= 0.3 is 5.97 Å². The molecule has 3 aromatic rings. The van der Waals surface area contributed by atoms with E-state index in [1.54, 1.807) is 18.2 Å². The number of benzene rings is 2. The van der Waals surface area contributed by atoms with Crippen LogP contribution in [0.5, 0.6) is 0 Å². The minimum atomic E-state index is -1.12. The third kappa shape index (κ3) is 4.27. The lowest BCUT2D eigenvalue weighted by atomic mass is 9.95. The topological polar surface area (TPSA) is 78.6 Å². The number of carbonyl (C=O) groups is 1. The fourth-order valence-corrected chi connectivity index (χ4v) is 6.49. The molecular weight excluding hydrogens is 504 g/mol. The van der Waals surface area contributed by atoms with Gasteiger partial charge in [-0.3, -0.25) is 0 Å². The quantitative estimate of drug-likeness (QED) is 0.356. The number of carboxylic acids is 1. The van der Waals surface area contributed by atoms with E-state index < -0.39 is 11.8 Å². The molecule has 36 heavy (non-hydrogen) atoms. The summed E-state index contributed by atoms with van der Waals surface area (Å²) in [4.78, 5) is 13.4. The van der Waals surface area contributed by atoms with Crippen molar-refractivity contribution >= 4 is 34.9 Å². The number of hydrogen-bond acceptors (Lipinski definition) is 5. The van der Waals surface area contributed by atoms with Crippen LogP contribution in [0.2, 0.25) is 10.0 Å². The van der Waals surface area contributed by atoms with E-state index >= 15 is 0 Å². The SMILES string of the molecule is O=C(O)c1ccc(N2[C@@H]3CC[C@H]2C[C@H](NCc2c(-c4c(Cl)cccc4Cl)noc2C2CC2)C3)c(F)c1. The van der Waals surface area contributed by atoms with Crippen LogP contribution in [0.15, 0.2) is 40.9 Å². The number of aromatic nitrogens is 1. The highest BCUT2D eigenvalue weighted by molar-refractivity contribution is 6.39. The van der Waals surface area contributed by atoms with Gasteiger partial charge in [0.2, 0.25) is 0 Å². The summed E-state index contributed by atoms with van der Waals surface area (Å²) in [6.07, 6.45) is 5.92. The van der Waals surface area contributed by atoms with Gasteiger partial charge in [-0.2, -0.15) is 0 Å². The predicted molar refractivity (Wildman–Crippen MR) is 136 cm³/mol. The molecule has 3 aliphatic rings. The molecule has 188 valence electrons. The number of rotatable bonds is 7. The summed E-state index contributed by atoms with van der Waals surface area (Å²) in [5.41, 5.74) is 2.87. The van der Waals surface area contributed by atoms with Crippen molar-refractivity contribution in [1.29, 1.82) is 0 Å². The second-order valence-corrected chi connectivity index (χ2v) is 10.9. The Balaban J connectivity index is 1.20. The average molecular weight is 530 g/mol. The Morgan fingerprint density at radius 1 is 1.11 bits per heavy atom. The summed E-state index contributed by atoms with van der Waals surface area (Å²) >= 11 is 13.0. The third-order valence-corrected chi connectivity index (χ3v) is 8.37. The van der Waals surface area contributed by atoms with Crippen molar-refractivity contribution in [3.8, 4) is 11.3 Å². The highest BCUT2D eigenvalue weighted by Crippen LogP contribution is 2.46. The first-order valence-electron chi connectivity index (χ1n) is 12.4. The second kappa shape index (κ2) is 9.36. The Labute approximate surface area is 218 Å². The van der Waals surface area contributed by atoms with E-state index in [0.29, 0.717) is 39.5 Å². The minimum absolute atomic E-state index is 0.0326. The van der Waals surface area contributed by atoms with Gasteiger partial charge < -0.3 is 19.8 Å². The zero-order chi connectivity index (χ0) is 25.0. The Hall–Kier alpha value is -2.61. The number of aromatic carboxylic acids is 1. The molecule has 2 aromatic carbocycles. The molecule has 0 radical (unpaired) electrons. The summed E-state index contributed by atoms with van der Waals surface area (Å²) in [5, 5.41) is 18.4. The van der Waals surface area contributed by atoms with Crippen LogP contribution in [0.25, 0.3) is 11.3 Å². The van der Waals surface area contributed by atoms with Gasteiger partial charge in [-0.1, -0.05) is 34.4 Å². The van der Waals surface area contributed by atoms with Crippen LogP contribution in [0.4, 0.5) is 10.1 Å². The molecule has 3 fully saturated rings. The van der Waals surface area contributed by atoms with Crippen molar-refractivity contribution < 1.29 is 18.8 Å². The average Bonchev–Trinajstić information content (AvgIpc) is 3.56. The number of nitrogens with zero attached hydrogens (tertiary/aromatic N) is 2. The molecule has 2 N–H and O–H groups in total. The van der Waals surface area contributed by atoms with Crippen LogP contribution in [0, 0.1) is 5.82 Å². The molecule has 0 spiro atoms. The zero-order valence-electron chi connectivity index (χ0n) is 19.5. The number of fused-ring (bicyclic) bond motifs is 2. The van der Waals surface area contributed by atoms with Crippen LogP contribution < -0.4 is 10.2 Å². The Morgan fingerprint density at radius 2 is 1.81 bits per heavy atom. The van der Waals surface area contributed by atoms with Gasteiger partial charge in [-0.15, -0.1) is 0 Å². The van der Waals surface area contributed by atoms with E-state index in [4.69, 9.17) is 32.8 Å². The maximum absolute atomic E-state index is 14.8. The van der Waals surface area contributed by atoms with Crippen LogP contribution in [-0.2, 0) is 6.54 Å². The van der Waals surface area contributed by atoms with Crippen molar-refractivity contribution in [2.75, 3.05) is 4.90 Å². The van der Waals surface area contributed by atoms with Gasteiger partial charge in [0, 0.05) is 41.7 Å². The lowest BCUT2D eigenvalue weighted by molar-refractivity contribution is 0.0696. The second-order valence-electron chi connectivity index (χ2n) is 10.1. The van der Waals surface area contributed by atoms with Gasteiger partial charge in [0.25, 0.3) is 0 Å². The maximum Gasteiger partial charge on any atom is 0.335 e. The smallest absolute Gasteiger partial charge is 0.335 e. The summed E-state index contributed by atoms with van der Waals surface area (Å²) < 4.78 is 20.6. The van der Waals surface area contributed by atoms with Gasteiger partial charge in [0.05, 0.1) is 21.3 Å². The highest BCUT2D eigenvalue weighted by Gasteiger charge is 2.42. The largest absolute Gasteiger partial charge is 0.478 e. The maximum atomic E-state index is 14.8. The molecule has 0 amide bonds. The summed E-state index contributed by atoms with van der Waals surface area (Å²) in [5.74, 6) is -0.297. The van der Waals surface area contributed by atoms with E-state index in [9.17, 15) is 9.18 Å². The number of nitrogens with one attached hydrogen (secondary N) is 1. The lowest BCUT2D eigenvalue weighted by Gasteiger charge is -2.41. The number of halogens is 3. The molecule has 2 bridgehead atoms. The molecule has 1 aliphatic carbocycles. The number of piperidine rings is 1. The van der Waals surface area contributed by atoms with Gasteiger partial charge in [0.1, 0.15) is 17.3 Å². The Bertz CT molecular complexity index is 1290. The molecule has 3 atom stereocenters. The molecule has 2 saturated heterocycles. The lowest BCUT2D eigenvalue weighted by Crippen LogP contribution is -2.49. The number of anilines is 1. The molecule has 3 heterocycles. The van der Waals surface area contributed by atoms with Crippen LogP contribution in [0.1, 0.15) is 66.1 Å². The van der Waals surface area contributed by atoms with Crippen molar-refractivity contribution in [2.45, 2.75) is 69.1 Å². The van der Waals surface area contributed by atoms with E-state index in [2.05, 4.69) is 15.4 Å².